The standard InChI is InChI=1S/C14H12N4O2S.2ClH/c1-8(9-4-2-3-6-15-9)16-14-17-10-5-7-21-12(10)11(18-14)13(19)20;;/h2-8H,1H3,(H,19,20)(H,16,17,18);2*1H. The minimum Gasteiger partial charge on any atom is -0.476 e. The second kappa shape index (κ2) is 8.05. The van der Waals surface area contributed by atoms with Gasteiger partial charge in [-0.15, -0.1) is 36.2 Å². The number of aromatic carboxylic acids is 1. The number of aromatic nitrogens is 3. The van der Waals surface area contributed by atoms with Gasteiger partial charge in [0.1, 0.15) is 0 Å². The summed E-state index contributed by atoms with van der Waals surface area (Å²) in [6, 6.07) is 7.28. The molecule has 0 saturated heterocycles. The lowest BCUT2D eigenvalue weighted by Crippen LogP contribution is -2.12. The van der Waals surface area contributed by atoms with Gasteiger partial charge in [0, 0.05) is 6.20 Å². The first kappa shape index (κ1) is 19.1. The number of nitrogens with one attached hydrogen (secondary N) is 1. The molecule has 2 N–H and O–H groups in total. The summed E-state index contributed by atoms with van der Waals surface area (Å²) >= 11 is 1.32. The minimum atomic E-state index is -1.06. The van der Waals surface area contributed by atoms with E-state index in [2.05, 4.69) is 20.3 Å². The zero-order chi connectivity index (χ0) is 14.8. The molecule has 0 aliphatic carbocycles. The Hall–Kier alpha value is -1.96. The third kappa shape index (κ3) is 4.07. The number of pyridine rings is 1. The quantitative estimate of drug-likeness (QED) is 0.723. The molecule has 0 amide bonds. The summed E-state index contributed by atoms with van der Waals surface area (Å²) in [4.78, 5) is 24.0. The Kier molecular flexibility index (Phi) is 6.68. The molecule has 0 aliphatic heterocycles. The fraction of sp³-hybridized carbons (Fsp3) is 0.143. The smallest absolute Gasteiger partial charge is 0.356 e. The second-order valence-electron chi connectivity index (χ2n) is 4.46. The maximum Gasteiger partial charge on any atom is 0.356 e. The van der Waals surface area contributed by atoms with E-state index >= 15 is 0 Å². The fourth-order valence-electron chi connectivity index (χ4n) is 1.97. The Balaban J connectivity index is 0.00000132. The number of rotatable bonds is 4. The summed E-state index contributed by atoms with van der Waals surface area (Å²) in [5, 5.41) is 14.1. The van der Waals surface area contributed by atoms with E-state index in [0.29, 0.717) is 10.2 Å². The van der Waals surface area contributed by atoms with E-state index in [-0.39, 0.29) is 42.5 Å². The number of carboxylic acid groups (broad SMARTS) is 1. The molecular weight excluding hydrogens is 359 g/mol. The van der Waals surface area contributed by atoms with Crippen LogP contribution in [0.4, 0.5) is 5.95 Å². The van der Waals surface area contributed by atoms with Crippen LogP contribution in [0.2, 0.25) is 0 Å². The van der Waals surface area contributed by atoms with Crippen molar-refractivity contribution in [2.24, 2.45) is 0 Å². The van der Waals surface area contributed by atoms with Gasteiger partial charge in [-0.2, -0.15) is 0 Å². The topological polar surface area (TPSA) is 88.0 Å². The number of carbonyl (C=O) groups is 1. The van der Waals surface area contributed by atoms with Crippen LogP contribution in [-0.2, 0) is 0 Å². The van der Waals surface area contributed by atoms with E-state index in [9.17, 15) is 9.90 Å². The first-order chi connectivity index (χ1) is 10.1. The molecule has 3 aromatic rings. The molecule has 0 radical (unpaired) electrons. The van der Waals surface area contributed by atoms with E-state index in [1.54, 1.807) is 17.6 Å². The van der Waals surface area contributed by atoms with Crippen LogP contribution in [0.1, 0.15) is 29.1 Å². The molecule has 3 rings (SSSR count). The number of hydrogen-bond donors (Lipinski definition) is 2. The molecule has 0 aromatic carbocycles. The summed E-state index contributed by atoms with van der Waals surface area (Å²) in [6.07, 6.45) is 1.71. The first-order valence-corrected chi connectivity index (χ1v) is 7.19. The minimum absolute atomic E-state index is 0. The summed E-state index contributed by atoms with van der Waals surface area (Å²) in [5.74, 6) is -0.769. The fourth-order valence-corrected chi connectivity index (χ4v) is 2.78. The highest BCUT2D eigenvalue weighted by Gasteiger charge is 2.16. The van der Waals surface area contributed by atoms with Gasteiger partial charge in [0.15, 0.2) is 5.69 Å². The molecule has 6 nitrogen and oxygen atoms in total. The van der Waals surface area contributed by atoms with Crippen molar-refractivity contribution in [3.8, 4) is 0 Å². The lowest BCUT2D eigenvalue weighted by Gasteiger charge is -2.13. The largest absolute Gasteiger partial charge is 0.476 e. The van der Waals surface area contributed by atoms with Crippen LogP contribution in [0.5, 0.6) is 0 Å². The average molecular weight is 373 g/mol. The number of nitrogens with zero attached hydrogens (tertiary/aromatic N) is 3. The van der Waals surface area contributed by atoms with Crippen molar-refractivity contribution in [3.63, 3.8) is 0 Å². The molecule has 3 aromatic heterocycles. The lowest BCUT2D eigenvalue weighted by molar-refractivity contribution is 0.0693. The highest BCUT2D eigenvalue weighted by Crippen LogP contribution is 2.24. The van der Waals surface area contributed by atoms with E-state index in [1.165, 1.54) is 11.3 Å². The molecule has 0 fully saturated rings. The van der Waals surface area contributed by atoms with Crippen molar-refractivity contribution in [2.75, 3.05) is 5.32 Å². The molecule has 122 valence electrons. The summed E-state index contributed by atoms with van der Waals surface area (Å²) in [6.45, 7) is 1.92. The van der Waals surface area contributed by atoms with Crippen LogP contribution < -0.4 is 5.32 Å². The summed E-state index contributed by atoms with van der Waals surface area (Å²) < 4.78 is 0.582. The molecule has 0 saturated carbocycles. The maximum absolute atomic E-state index is 11.3. The van der Waals surface area contributed by atoms with Crippen LogP contribution in [0, 0.1) is 0 Å². The van der Waals surface area contributed by atoms with Crippen LogP contribution in [-0.4, -0.2) is 26.0 Å². The van der Waals surface area contributed by atoms with Crippen molar-refractivity contribution in [1.29, 1.82) is 0 Å². The van der Waals surface area contributed by atoms with Gasteiger partial charge >= 0.3 is 5.97 Å². The van der Waals surface area contributed by atoms with Crippen LogP contribution in [0.25, 0.3) is 10.2 Å². The summed E-state index contributed by atoms with van der Waals surface area (Å²) in [5.41, 5.74) is 1.48. The van der Waals surface area contributed by atoms with Gasteiger partial charge in [-0.05, 0) is 30.5 Å². The van der Waals surface area contributed by atoms with E-state index in [1.807, 2.05) is 25.1 Å². The van der Waals surface area contributed by atoms with Crippen LogP contribution in [0.3, 0.4) is 0 Å². The van der Waals surface area contributed by atoms with Gasteiger partial charge < -0.3 is 10.4 Å². The van der Waals surface area contributed by atoms with Crippen LogP contribution in [0.15, 0.2) is 35.8 Å². The maximum atomic E-state index is 11.3. The zero-order valence-corrected chi connectivity index (χ0v) is 14.4. The number of hydrogen-bond acceptors (Lipinski definition) is 6. The van der Waals surface area contributed by atoms with Gasteiger partial charge in [0.2, 0.25) is 5.95 Å². The highest BCUT2D eigenvalue weighted by atomic mass is 35.5. The number of thiophene rings is 1. The Morgan fingerprint density at radius 1 is 1.26 bits per heavy atom. The van der Waals surface area contributed by atoms with Crippen molar-refractivity contribution in [3.05, 3.63) is 47.2 Å². The molecule has 0 spiro atoms. The average Bonchev–Trinajstić information content (AvgIpc) is 2.95. The Bertz CT molecular complexity index is 798. The van der Waals surface area contributed by atoms with Gasteiger partial charge in [-0.1, -0.05) is 6.07 Å². The van der Waals surface area contributed by atoms with Gasteiger partial charge in [0.05, 0.1) is 22.0 Å². The van der Waals surface area contributed by atoms with Crippen molar-refractivity contribution in [2.45, 2.75) is 13.0 Å². The van der Waals surface area contributed by atoms with Crippen molar-refractivity contribution >= 4 is 58.3 Å². The number of carboxylic acids is 1. The van der Waals surface area contributed by atoms with Gasteiger partial charge in [-0.25, -0.2) is 14.8 Å². The van der Waals surface area contributed by atoms with E-state index in [4.69, 9.17) is 0 Å². The molecule has 9 heteroatoms. The van der Waals surface area contributed by atoms with Crippen molar-refractivity contribution < 1.29 is 9.90 Å². The predicted molar refractivity (Wildman–Crippen MR) is 95.1 cm³/mol. The Morgan fingerprint density at radius 3 is 2.70 bits per heavy atom. The van der Waals surface area contributed by atoms with E-state index < -0.39 is 5.97 Å². The van der Waals surface area contributed by atoms with Gasteiger partial charge in [-0.3, -0.25) is 4.98 Å². The summed E-state index contributed by atoms with van der Waals surface area (Å²) in [7, 11) is 0. The SMILES string of the molecule is CC(Nc1nc(C(=O)O)c2sccc2n1)c1ccccn1.Cl.Cl. The third-order valence-corrected chi connectivity index (χ3v) is 3.89. The molecule has 0 aliphatic rings. The molecular formula is C14H14Cl2N4O2S. The zero-order valence-electron chi connectivity index (χ0n) is 12.0. The van der Waals surface area contributed by atoms with Crippen molar-refractivity contribution in [1.82, 2.24) is 15.0 Å². The highest BCUT2D eigenvalue weighted by molar-refractivity contribution is 7.17. The molecule has 0 bridgehead atoms. The van der Waals surface area contributed by atoms with E-state index in [0.717, 1.165) is 5.69 Å². The predicted octanol–water partition coefficient (Wildman–Crippen LogP) is 3.80. The molecule has 1 atom stereocenters. The molecule has 3 heterocycles. The number of halogens is 2. The monoisotopic (exact) mass is 372 g/mol. The van der Waals surface area contributed by atoms with Gasteiger partial charge in [0.25, 0.3) is 0 Å². The van der Waals surface area contributed by atoms with Crippen LogP contribution >= 0.6 is 36.2 Å². The first-order valence-electron chi connectivity index (χ1n) is 6.31. The molecule has 1 unspecified atom stereocenters. The Morgan fingerprint density at radius 2 is 2.04 bits per heavy atom. The third-order valence-electron chi connectivity index (χ3n) is 2.98. The normalized spacial score (nSPS) is 11.2. The Labute approximate surface area is 148 Å². The molecule has 23 heavy (non-hydrogen) atoms. The number of fused-ring (bicyclic) bond motifs is 1. The lowest BCUT2D eigenvalue weighted by atomic mass is 10.2. The second-order valence-corrected chi connectivity index (χ2v) is 5.37. The number of anilines is 1.